The topological polar surface area (TPSA) is 110 Å². The van der Waals surface area contributed by atoms with Gasteiger partial charge in [-0.25, -0.2) is 4.98 Å². The van der Waals surface area contributed by atoms with Gasteiger partial charge in [0.25, 0.3) is 0 Å². The molecule has 2 aromatic carbocycles. The maximum Gasteiger partial charge on any atom is 0.340 e. The van der Waals surface area contributed by atoms with Crippen LogP contribution in [0, 0.1) is 22.9 Å². The third kappa shape index (κ3) is 5.08. The summed E-state index contributed by atoms with van der Waals surface area (Å²) in [6.45, 7) is 3.50. The molecule has 3 rings (SSSR count). The van der Waals surface area contributed by atoms with Crippen molar-refractivity contribution in [2.75, 3.05) is 17.3 Å². The van der Waals surface area contributed by atoms with E-state index >= 15 is 0 Å². The van der Waals surface area contributed by atoms with E-state index in [1.807, 2.05) is 31.2 Å². The summed E-state index contributed by atoms with van der Waals surface area (Å²) in [6, 6.07) is 11.0. The molecule has 1 atom stereocenters. The first-order valence-corrected chi connectivity index (χ1v) is 10.5. The fraction of sp³-hybridized carbons (Fsp3) is 0.158. The largest absolute Gasteiger partial charge is 0.340 e. The molecule has 2 N–H and O–H groups in total. The van der Waals surface area contributed by atoms with Crippen LogP contribution in [0.2, 0.25) is 0 Å². The molecule has 10 heteroatoms. The summed E-state index contributed by atoms with van der Waals surface area (Å²) in [5, 5.41) is 17.0. The summed E-state index contributed by atoms with van der Waals surface area (Å²) in [5.41, 5.74) is 2.11. The number of hydrogen-bond acceptors (Lipinski definition) is 7. The zero-order valence-electron chi connectivity index (χ0n) is 15.7. The Bertz CT molecular complexity index is 1090. The van der Waals surface area contributed by atoms with Gasteiger partial charge < -0.3 is 10.6 Å². The summed E-state index contributed by atoms with van der Waals surface area (Å²) >= 11 is 0. The maximum absolute atomic E-state index is 13.5. The van der Waals surface area contributed by atoms with Gasteiger partial charge in [0.1, 0.15) is 12.5 Å². The van der Waals surface area contributed by atoms with E-state index in [9.17, 15) is 19.1 Å². The minimum atomic E-state index is -1.35. The molecule has 0 fully saturated rings. The highest BCUT2D eigenvalue weighted by atomic mass is 31.1. The van der Waals surface area contributed by atoms with E-state index in [4.69, 9.17) is 0 Å². The standard InChI is InChI=1S/C19H18FN5O3P/c1-12-10-21-19(22-14-7-8-15(20)17(9-14)25(26)27)24-18(12)23-16-6-4-3-5-13(16)11-29(2)28/h3-10H,11H2,1-2H3,(H2,21,22,23,24)/q+1. The number of nitrogens with one attached hydrogen (secondary N) is 2. The second-order valence-corrected chi connectivity index (χ2v) is 7.91. The fourth-order valence-corrected chi connectivity index (χ4v) is 3.39. The van der Waals surface area contributed by atoms with Crippen LogP contribution in [0.3, 0.4) is 0 Å². The highest BCUT2D eigenvalue weighted by molar-refractivity contribution is 7.42. The minimum Gasteiger partial charge on any atom is -0.339 e. The Morgan fingerprint density at radius 2 is 1.97 bits per heavy atom. The van der Waals surface area contributed by atoms with Gasteiger partial charge in [0.15, 0.2) is 6.16 Å². The van der Waals surface area contributed by atoms with E-state index in [-0.39, 0.29) is 11.6 Å². The van der Waals surface area contributed by atoms with Gasteiger partial charge in [-0.15, -0.1) is 0 Å². The molecule has 0 saturated heterocycles. The molecular weight excluding hydrogens is 396 g/mol. The summed E-state index contributed by atoms with van der Waals surface area (Å²) in [5.74, 6) is -0.199. The number of nitro benzene ring substituents is 1. The van der Waals surface area contributed by atoms with Gasteiger partial charge in [-0.2, -0.15) is 9.37 Å². The van der Waals surface area contributed by atoms with Crippen molar-refractivity contribution >= 4 is 36.6 Å². The summed E-state index contributed by atoms with van der Waals surface area (Å²) in [6.07, 6.45) is 2.03. The van der Waals surface area contributed by atoms with Gasteiger partial charge in [-0.3, -0.25) is 10.1 Å². The zero-order chi connectivity index (χ0) is 21.0. The number of rotatable bonds is 7. The molecule has 148 valence electrons. The van der Waals surface area contributed by atoms with Gasteiger partial charge in [0.2, 0.25) is 11.8 Å². The van der Waals surface area contributed by atoms with Crippen LogP contribution < -0.4 is 10.6 Å². The lowest BCUT2D eigenvalue weighted by Crippen LogP contribution is -2.04. The second-order valence-electron chi connectivity index (χ2n) is 6.34. The fourth-order valence-electron chi connectivity index (χ4n) is 2.64. The molecule has 29 heavy (non-hydrogen) atoms. The smallest absolute Gasteiger partial charge is 0.339 e. The SMILES string of the molecule is Cc1cnc(Nc2ccc(F)c([N+](=O)[O-])c2)nc1Nc1ccccc1C[P+](C)=O. The zero-order valence-corrected chi connectivity index (χ0v) is 16.6. The predicted molar refractivity (Wildman–Crippen MR) is 110 cm³/mol. The summed E-state index contributed by atoms with van der Waals surface area (Å²) < 4.78 is 25.2. The van der Waals surface area contributed by atoms with Gasteiger partial charge in [0.05, 0.1) is 4.92 Å². The van der Waals surface area contributed by atoms with Crippen molar-refractivity contribution < 1.29 is 13.9 Å². The third-order valence-corrected chi connectivity index (χ3v) is 4.82. The van der Waals surface area contributed by atoms with Crippen LogP contribution in [0.4, 0.5) is 33.2 Å². The number of aryl methyl sites for hydroxylation is 1. The Balaban J connectivity index is 1.87. The van der Waals surface area contributed by atoms with Crippen molar-refractivity contribution in [3.63, 3.8) is 0 Å². The van der Waals surface area contributed by atoms with E-state index in [1.54, 1.807) is 12.9 Å². The molecule has 1 unspecified atom stereocenters. The average Bonchev–Trinajstić information content (AvgIpc) is 2.67. The van der Waals surface area contributed by atoms with Gasteiger partial charge in [-0.1, -0.05) is 22.8 Å². The summed E-state index contributed by atoms with van der Waals surface area (Å²) in [4.78, 5) is 18.7. The predicted octanol–water partition coefficient (Wildman–Crippen LogP) is 5.28. The first-order chi connectivity index (χ1) is 13.8. The van der Waals surface area contributed by atoms with E-state index < -0.39 is 24.2 Å². The Labute approximate surface area is 167 Å². The molecule has 0 saturated carbocycles. The van der Waals surface area contributed by atoms with Gasteiger partial charge in [-0.05, 0) is 25.1 Å². The maximum atomic E-state index is 13.5. The van der Waals surface area contributed by atoms with Gasteiger partial charge >= 0.3 is 13.5 Å². The summed E-state index contributed by atoms with van der Waals surface area (Å²) in [7, 11) is -1.35. The number of nitro groups is 1. The molecule has 1 aromatic heterocycles. The van der Waals surface area contributed by atoms with Crippen molar-refractivity contribution in [1.29, 1.82) is 0 Å². The molecular formula is C19H18FN5O3P+. The number of nitrogens with zero attached hydrogens (tertiary/aromatic N) is 3. The van der Waals surface area contributed by atoms with Crippen LogP contribution in [0.25, 0.3) is 0 Å². The van der Waals surface area contributed by atoms with Crippen molar-refractivity contribution in [3.05, 3.63) is 75.7 Å². The van der Waals surface area contributed by atoms with Crippen LogP contribution in [-0.2, 0) is 10.7 Å². The number of hydrogen-bond donors (Lipinski definition) is 2. The monoisotopic (exact) mass is 414 g/mol. The molecule has 3 aromatic rings. The Hall–Kier alpha value is -3.45. The molecule has 0 aliphatic carbocycles. The minimum absolute atomic E-state index is 0.193. The average molecular weight is 414 g/mol. The van der Waals surface area contributed by atoms with E-state index in [0.717, 1.165) is 28.9 Å². The van der Waals surface area contributed by atoms with Crippen LogP contribution in [0.5, 0.6) is 0 Å². The van der Waals surface area contributed by atoms with Crippen molar-refractivity contribution in [2.45, 2.75) is 13.1 Å². The van der Waals surface area contributed by atoms with E-state index in [1.165, 1.54) is 6.07 Å². The number of aromatic nitrogens is 2. The molecule has 1 heterocycles. The number of para-hydroxylation sites is 1. The molecule has 0 amide bonds. The number of halogens is 1. The first kappa shape index (κ1) is 20.3. The quantitative estimate of drug-likeness (QED) is 0.308. The highest BCUT2D eigenvalue weighted by Crippen LogP contribution is 2.30. The Morgan fingerprint density at radius 3 is 2.69 bits per heavy atom. The number of benzene rings is 2. The Morgan fingerprint density at radius 1 is 1.21 bits per heavy atom. The van der Waals surface area contributed by atoms with Crippen LogP contribution in [0.1, 0.15) is 11.1 Å². The first-order valence-electron chi connectivity index (χ1n) is 8.61. The molecule has 0 aliphatic rings. The lowest BCUT2D eigenvalue weighted by atomic mass is 10.2. The lowest BCUT2D eigenvalue weighted by molar-refractivity contribution is -0.387. The highest BCUT2D eigenvalue weighted by Gasteiger charge is 2.16. The van der Waals surface area contributed by atoms with Crippen molar-refractivity contribution in [3.8, 4) is 0 Å². The Kier molecular flexibility index (Phi) is 6.09. The van der Waals surface area contributed by atoms with Crippen LogP contribution in [-0.4, -0.2) is 21.6 Å². The van der Waals surface area contributed by atoms with E-state index in [2.05, 4.69) is 20.6 Å². The third-order valence-electron chi connectivity index (χ3n) is 4.03. The molecule has 8 nitrogen and oxygen atoms in total. The lowest BCUT2D eigenvalue weighted by Gasteiger charge is -2.12. The number of anilines is 4. The van der Waals surface area contributed by atoms with Crippen molar-refractivity contribution in [2.24, 2.45) is 0 Å². The molecule has 0 radical (unpaired) electrons. The van der Waals surface area contributed by atoms with E-state index in [0.29, 0.717) is 12.0 Å². The van der Waals surface area contributed by atoms with Crippen molar-refractivity contribution in [1.82, 2.24) is 9.97 Å². The normalized spacial score (nSPS) is 11.1. The molecule has 0 aliphatic heterocycles. The second kappa shape index (κ2) is 8.70. The van der Waals surface area contributed by atoms with Crippen LogP contribution in [0.15, 0.2) is 48.7 Å². The molecule has 0 bridgehead atoms. The molecule has 0 spiro atoms. The van der Waals surface area contributed by atoms with Gasteiger partial charge in [0, 0.05) is 34.8 Å². The van der Waals surface area contributed by atoms with Crippen LogP contribution >= 0.6 is 7.80 Å².